The minimum atomic E-state index is -1.23. The summed E-state index contributed by atoms with van der Waals surface area (Å²) in [5.74, 6) is 0.352. The van der Waals surface area contributed by atoms with Gasteiger partial charge in [-0.15, -0.1) is 0 Å². The molecule has 9 heteroatoms. The van der Waals surface area contributed by atoms with Gasteiger partial charge < -0.3 is 20.3 Å². The van der Waals surface area contributed by atoms with E-state index < -0.39 is 18.5 Å². The first-order valence-corrected chi connectivity index (χ1v) is 7.17. The molecule has 0 radical (unpaired) electrons. The smallest absolute Gasteiger partial charge is 0.247 e. The van der Waals surface area contributed by atoms with E-state index in [1.165, 1.54) is 6.33 Å². The number of rotatable bonds is 5. The highest BCUT2D eigenvalue weighted by Gasteiger charge is 2.37. The lowest BCUT2D eigenvalue weighted by molar-refractivity contribution is -0.0323. The number of alkyl halides is 1. The van der Waals surface area contributed by atoms with Crippen LogP contribution < -0.4 is 10.5 Å². The van der Waals surface area contributed by atoms with Crippen LogP contribution in [0.3, 0.4) is 0 Å². The molecule has 0 aromatic carbocycles. The molecule has 120 valence electrons. The minimum absolute atomic E-state index is 0.0499. The van der Waals surface area contributed by atoms with E-state index in [2.05, 4.69) is 15.0 Å². The Bertz CT molecular complexity index is 664. The topological polar surface area (TPSA) is 108 Å². The molecule has 2 aromatic heterocycles. The summed E-state index contributed by atoms with van der Waals surface area (Å²) in [5, 5.41) is 9.09. The minimum Gasteiger partial charge on any atom is -0.476 e. The van der Waals surface area contributed by atoms with Gasteiger partial charge in [0.1, 0.15) is 18.5 Å². The standard InChI is InChI=1S/C13H18FN5O3/c1-2-3-21-12-10-11(17-13(15)18-12)19(6-16-10)9-4-7(14)8(5-20)22-9/h6-9,20H,2-5H2,1H3,(H2,15,17,18)/t7-,8+,9+/m0/s1. The Kier molecular flexibility index (Phi) is 4.08. The Labute approximate surface area is 126 Å². The van der Waals surface area contributed by atoms with Crippen molar-refractivity contribution in [1.29, 1.82) is 0 Å². The number of hydrogen-bond donors (Lipinski definition) is 2. The second-order valence-electron chi connectivity index (χ2n) is 5.12. The lowest BCUT2D eigenvalue weighted by Crippen LogP contribution is -2.21. The van der Waals surface area contributed by atoms with Crippen LogP contribution in [0.1, 0.15) is 26.0 Å². The number of ether oxygens (including phenoxy) is 2. The van der Waals surface area contributed by atoms with E-state index in [1.54, 1.807) is 4.57 Å². The zero-order valence-electron chi connectivity index (χ0n) is 12.1. The van der Waals surface area contributed by atoms with Crippen molar-refractivity contribution in [3.05, 3.63) is 6.33 Å². The molecule has 1 aliphatic heterocycles. The van der Waals surface area contributed by atoms with Crippen molar-refractivity contribution in [2.45, 2.75) is 38.3 Å². The van der Waals surface area contributed by atoms with Crippen molar-refractivity contribution in [3.8, 4) is 5.88 Å². The Morgan fingerprint density at radius 2 is 2.36 bits per heavy atom. The van der Waals surface area contributed by atoms with Crippen LogP contribution in [0, 0.1) is 0 Å². The zero-order chi connectivity index (χ0) is 15.7. The van der Waals surface area contributed by atoms with Crippen molar-refractivity contribution in [3.63, 3.8) is 0 Å². The highest BCUT2D eigenvalue weighted by atomic mass is 19.1. The van der Waals surface area contributed by atoms with E-state index in [1.807, 2.05) is 6.92 Å². The molecule has 0 unspecified atom stereocenters. The third-order valence-electron chi connectivity index (χ3n) is 3.50. The SMILES string of the molecule is CCCOc1nc(N)nc2c1ncn2[C@H]1C[C@H](F)[C@@H](CO)O1. The van der Waals surface area contributed by atoms with E-state index in [0.717, 1.165) is 6.42 Å². The zero-order valence-corrected chi connectivity index (χ0v) is 12.1. The predicted octanol–water partition coefficient (Wildman–Crippen LogP) is 0.815. The maximum absolute atomic E-state index is 13.8. The Morgan fingerprint density at radius 3 is 3.05 bits per heavy atom. The average molecular weight is 311 g/mol. The van der Waals surface area contributed by atoms with E-state index in [0.29, 0.717) is 23.7 Å². The number of nitrogens with two attached hydrogens (primary N) is 1. The molecule has 0 saturated carbocycles. The van der Waals surface area contributed by atoms with Gasteiger partial charge in [-0.3, -0.25) is 4.57 Å². The van der Waals surface area contributed by atoms with Crippen molar-refractivity contribution in [1.82, 2.24) is 19.5 Å². The fraction of sp³-hybridized carbons (Fsp3) is 0.615. The van der Waals surface area contributed by atoms with E-state index >= 15 is 0 Å². The van der Waals surface area contributed by atoms with Crippen LogP contribution in [-0.4, -0.2) is 50.1 Å². The van der Waals surface area contributed by atoms with Gasteiger partial charge in [-0.05, 0) is 6.42 Å². The fourth-order valence-corrected chi connectivity index (χ4v) is 2.44. The molecule has 0 amide bonds. The molecule has 1 saturated heterocycles. The maximum atomic E-state index is 13.8. The third-order valence-corrected chi connectivity index (χ3v) is 3.50. The van der Waals surface area contributed by atoms with Crippen LogP contribution in [-0.2, 0) is 4.74 Å². The van der Waals surface area contributed by atoms with Gasteiger partial charge >= 0.3 is 0 Å². The number of aliphatic hydroxyl groups excluding tert-OH is 1. The molecule has 1 fully saturated rings. The van der Waals surface area contributed by atoms with Gasteiger partial charge in [0.25, 0.3) is 0 Å². The van der Waals surface area contributed by atoms with Crippen LogP contribution in [0.15, 0.2) is 6.33 Å². The summed E-state index contributed by atoms with van der Waals surface area (Å²) in [6, 6.07) is 0. The summed E-state index contributed by atoms with van der Waals surface area (Å²) in [6.45, 7) is 2.09. The number of imidazole rings is 1. The van der Waals surface area contributed by atoms with Crippen molar-refractivity contribution < 1.29 is 19.0 Å². The molecule has 1 aliphatic rings. The lowest BCUT2D eigenvalue weighted by Gasteiger charge is -2.13. The van der Waals surface area contributed by atoms with Crippen LogP contribution in [0.2, 0.25) is 0 Å². The molecule has 8 nitrogen and oxygen atoms in total. The molecule has 3 atom stereocenters. The molecule has 3 heterocycles. The highest BCUT2D eigenvalue weighted by molar-refractivity contribution is 5.77. The Morgan fingerprint density at radius 1 is 1.55 bits per heavy atom. The molecule has 3 rings (SSSR count). The van der Waals surface area contributed by atoms with Gasteiger partial charge in [0.2, 0.25) is 11.8 Å². The fourth-order valence-electron chi connectivity index (χ4n) is 2.44. The van der Waals surface area contributed by atoms with Gasteiger partial charge in [0.05, 0.1) is 19.5 Å². The largest absolute Gasteiger partial charge is 0.476 e. The second kappa shape index (κ2) is 6.01. The van der Waals surface area contributed by atoms with E-state index in [9.17, 15) is 4.39 Å². The normalized spacial score (nSPS) is 25.0. The molecule has 3 N–H and O–H groups in total. The number of hydrogen-bond acceptors (Lipinski definition) is 7. The number of nitrogen functional groups attached to an aromatic ring is 1. The van der Waals surface area contributed by atoms with Gasteiger partial charge in [0, 0.05) is 6.42 Å². The third kappa shape index (κ3) is 2.57. The number of fused-ring (bicyclic) bond motifs is 1. The van der Waals surface area contributed by atoms with Gasteiger partial charge in [-0.2, -0.15) is 9.97 Å². The molecule has 0 bridgehead atoms. The summed E-state index contributed by atoms with van der Waals surface area (Å²) in [7, 11) is 0. The lowest BCUT2D eigenvalue weighted by atomic mass is 10.2. The van der Waals surface area contributed by atoms with Crippen molar-refractivity contribution in [2.75, 3.05) is 18.9 Å². The quantitative estimate of drug-likeness (QED) is 0.841. The Hall–Kier alpha value is -2.00. The summed E-state index contributed by atoms with van der Waals surface area (Å²) in [6.07, 6.45) is -0.231. The molecule has 22 heavy (non-hydrogen) atoms. The average Bonchev–Trinajstić information content (AvgIpc) is 3.07. The molecule has 2 aromatic rings. The monoisotopic (exact) mass is 311 g/mol. The summed E-state index contributed by atoms with van der Waals surface area (Å²) < 4.78 is 26.4. The van der Waals surface area contributed by atoms with Crippen molar-refractivity contribution >= 4 is 17.1 Å². The summed E-state index contributed by atoms with van der Waals surface area (Å²) in [5.41, 5.74) is 6.58. The molecule has 0 aliphatic carbocycles. The Balaban J connectivity index is 1.96. The van der Waals surface area contributed by atoms with Crippen LogP contribution in [0.5, 0.6) is 5.88 Å². The first-order chi connectivity index (χ1) is 10.6. The number of aromatic nitrogens is 4. The first kappa shape index (κ1) is 14.9. The number of anilines is 1. The van der Waals surface area contributed by atoms with Gasteiger partial charge in [-0.25, -0.2) is 9.37 Å². The van der Waals surface area contributed by atoms with Crippen LogP contribution in [0.4, 0.5) is 10.3 Å². The first-order valence-electron chi connectivity index (χ1n) is 7.17. The van der Waals surface area contributed by atoms with Crippen molar-refractivity contribution in [2.24, 2.45) is 0 Å². The molecule has 0 spiro atoms. The van der Waals surface area contributed by atoms with Crippen LogP contribution >= 0.6 is 0 Å². The van der Waals surface area contributed by atoms with E-state index in [4.69, 9.17) is 20.3 Å². The summed E-state index contributed by atoms with van der Waals surface area (Å²) >= 11 is 0. The van der Waals surface area contributed by atoms with Gasteiger partial charge in [-0.1, -0.05) is 6.92 Å². The van der Waals surface area contributed by atoms with Crippen LogP contribution in [0.25, 0.3) is 11.2 Å². The maximum Gasteiger partial charge on any atom is 0.247 e. The second-order valence-corrected chi connectivity index (χ2v) is 5.12. The molecular weight excluding hydrogens is 293 g/mol. The summed E-state index contributed by atoms with van der Waals surface area (Å²) in [4.78, 5) is 12.4. The van der Waals surface area contributed by atoms with E-state index in [-0.39, 0.29) is 19.0 Å². The highest BCUT2D eigenvalue weighted by Crippen LogP contribution is 2.33. The number of nitrogens with zero attached hydrogens (tertiary/aromatic N) is 4. The van der Waals surface area contributed by atoms with Gasteiger partial charge in [0.15, 0.2) is 11.2 Å². The predicted molar refractivity (Wildman–Crippen MR) is 76.0 cm³/mol. The molecular formula is C13H18FN5O3. The number of halogens is 1. The number of aliphatic hydroxyl groups is 1.